The number of carbonyl (C=O) groups excluding carboxylic acids is 3. The molecule has 0 spiro atoms. The number of nitrogens with zero attached hydrogens (tertiary/aromatic N) is 2. The number of carboxylic acids is 1. The van der Waals surface area contributed by atoms with E-state index in [0.717, 1.165) is 12.5 Å². The molecule has 1 N–H and O–H groups in total. The molecule has 1 aromatic carbocycles. The highest BCUT2D eigenvalue weighted by atomic mass is 35.5. The first-order chi connectivity index (χ1) is 18.4. The maximum atomic E-state index is 13.4. The molecule has 2 saturated heterocycles. The third kappa shape index (κ3) is 11.2. The van der Waals surface area contributed by atoms with E-state index in [-0.39, 0.29) is 23.9 Å². The van der Waals surface area contributed by atoms with E-state index in [0.29, 0.717) is 32.4 Å². The number of hydrogen-bond donors (Lipinski definition) is 1. The van der Waals surface area contributed by atoms with E-state index in [1.54, 1.807) is 41.5 Å². The molecule has 224 valence electrons. The largest absolute Gasteiger partial charge is 0.481 e. The number of hydrogen-bond acceptors (Lipinski definition) is 7. The Morgan fingerprint density at radius 3 is 1.80 bits per heavy atom. The van der Waals surface area contributed by atoms with Crippen LogP contribution in [-0.2, 0) is 19.1 Å². The number of piperidine rings is 2. The van der Waals surface area contributed by atoms with Crippen molar-refractivity contribution in [2.24, 2.45) is 11.8 Å². The summed E-state index contributed by atoms with van der Waals surface area (Å²) in [6, 6.07) is 3.82. The van der Waals surface area contributed by atoms with Crippen LogP contribution in [-0.4, -0.2) is 76.4 Å². The zero-order chi connectivity index (χ0) is 30.3. The van der Waals surface area contributed by atoms with Gasteiger partial charge >= 0.3 is 24.1 Å². The summed E-state index contributed by atoms with van der Waals surface area (Å²) in [6.07, 6.45) is 1.77. The molecular weight excluding hydrogens is 547 g/mol. The van der Waals surface area contributed by atoms with E-state index in [4.69, 9.17) is 30.9 Å². The Labute approximate surface area is 239 Å². The van der Waals surface area contributed by atoms with Crippen LogP contribution in [0.15, 0.2) is 18.2 Å². The van der Waals surface area contributed by atoms with Crippen LogP contribution >= 0.6 is 11.6 Å². The van der Waals surface area contributed by atoms with E-state index in [1.165, 1.54) is 21.9 Å². The van der Waals surface area contributed by atoms with Gasteiger partial charge in [0.05, 0.1) is 16.9 Å². The molecule has 0 unspecified atom stereocenters. The molecule has 0 radical (unpaired) electrons. The quantitative estimate of drug-likeness (QED) is 0.351. The van der Waals surface area contributed by atoms with Gasteiger partial charge in [0, 0.05) is 32.2 Å². The Morgan fingerprint density at radius 1 is 0.875 bits per heavy atom. The van der Waals surface area contributed by atoms with Crippen LogP contribution in [0.2, 0.25) is 5.02 Å². The fourth-order valence-electron chi connectivity index (χ4n) is 4.07. The van der Waals surface area contributed by atoms with Crippen molar-refractivity contribution in [3.63, 3.8) is 0 Å². The minimum atomic E-state index is -0.840. The van der Waals surface area contributed by atoms with Crippen LogP contribution in [0.3, 0.4) is 0 Å². The number of carbonyl (C=O) groups is 4. The van der Waals surface area contributed by atoms with Gasteiger partial charge in [-0.2, -0.15) is 0 Å². The number of carboxylic acid groups (broad SMARTS) is 1. The number of amides is 2. The highest BCUT2D eigenvalue weighted by molar-refractivity contribution is 6.30. The zero-order valence-corrected chi connectivity index (χ0v) is 24.8. The van der Waals surface area contributed by atoms with Gasteiger partial charge in [-0.1, -0.05) is 11.6 Å². The van der Waals surface area contributed by atoms with E-state index < -0.39 is 53.0 Å². The minimum absolute atomic E-state index is 0.0384. The number of benzene rings is 1. The molecule has 2 heterocycles. The maximum Gasteiger partial charge on any atom is 0.410 e. The summed E-state index contributed by atoms with van der Waals surface area (Å²) in [4.78, 5) is 49.9. The standard InChI is InChI=1S/C17H21ClFNO4.C11H19NO4/c1-17(2,3)24-16(22)20-8-4-5-11(10-20)15(21)23-12-6-7-13(18)14(19)9-12;1-11(2,3)16-10(15)12-6-4-5-8(7-12)9(13)14/h6-7,9,11H,4-5,8,10H2,1-3H3;8H,4-7H2,1-3H3,(H,13,14)/t11-;8-/m00/s1. The van der Waals surface area contributed by atoms with Crippen molar-refractivity contribution in [1.29, 1.82) is 0 Å². The molecule has 0 saturated carbocycles. The number of ether oxygens (including phenoxy) is 3. The molecule has 0 bridgehead atoms. The van der Waals surface area contributed by atoms with Gasteiger partial charge in [0.15, 0.2) is 0 Å². The Kier molecular flexibility index (Phi) is 11.6. The van der Waals surface area contributed by atoms with Crippen molar-refractivity contribution in [1.82, 2.24) is 9.80 Å². The lowest BCUT2D eigenvalue weighted by Gasteiger charge is -2.33. The molecule has 12 heteroatoms. The number of esters is 1. The van der Waals surface area contributed by atoms with Gasteiger partial charge in [-0.15, -0.1) is 0 Å². The average molecular weight is 587 g/mol. The normalized spacial score (nSPS) is 19.6. The molecule has 2 aliphatic rings. The summed E-state index contributed by atoms with van der Waals surface area (Å²) in [7, 11) is 0. The zero-order valence-electron chi connectivity index (χ0n) is 24.0. The first kappa shape index (κ1) is 33.1. The van der Waals surface area contributed by atoms with Crippen LogP contribution in [0.25, 0.3) is 0 Å². The van der Waals surface area contributed by atoms with Gasteiger partial charge in [0.1, 0.15) is 22.8 Å². The Morgan fingerprint density at radius 2 is 1.35 bits per heavy atom. The van der Waals surface area contributed by atoms with Gasteiger partial charge in [0.25, 0.3) is 0 Å². The summed E-state index contributed by atoms with van der Waals surface area (Å²) in [5.41, 5.74) is -1.13. The van der Waals surface area contributed by atoms with Gasteiger partial charge in [-0.05, 0) is 79.4 Å². The van der Waals surface area contributed by atoms with Crippen molar-refractivity contribution in [2.75, 3.05) is 26.2 Å². The molecule has 1 aromatic rings. The molecule has 0 aliphatic carbocycles. The second-order valence-corrected chi connectivity index (χ2v) is 12.3. The molecule has 2 fully saturated rings. The van der Waals surface area contributed by atoms with Crippen LogP contribution in [0.5, 0.6) is 5.75 Å². The topological polar surface area (TPSA) is 123 Å². The lowest BCUT2D eigenvalue weighted by Crippen LogP contribution is -2.45. The first-order valence-corrected chi connectivity index (χ1v) is 13.7. The summed E-state index contributed by atoms with van der Waals surface area (Å²) in [6.45, 7) is 12.3. The maximum absolute atomic E-state index is 13.4. The molecule has 0 aromatic heterocycles. The highest BCUT2D eigenvalue weighted by Crippen LogP contribution is 2.24. The predicted octanol–water partition coefficient (Wildman–Crippen LogP) is 5.75. The first-order valence-electron chi connectivity index (χ1n) is 13.3. The number of aliphatic carboxylic acids is 1. The number of rotatable bonds is 3. The summed E-state index contributed by atoms with van der Waals surface area (Å²) < 4.78 is 29.1. The van der Waals surface area contributed by atoms with Crippen molar-refractivity contribution >= 4 is 35.7 Å². The Balaban J connectivity index is 0.000000305. The molecule has 2 aliphatic heterocycles. The smallest absolute Gasteiger partial charge is 0.410 e. The molecule has 2 atom stereocenters. The third-order valence-corrected chi connectivity index (χ3v) is 6.24. The van der Waals surface area contributed by atoms with Crippen molar-refractivity contribution in [2.45, 2.75) is 78.4 Å². The molecular formula is C28H40ClFN2O8. The predicted molar refractivity (Wildman–Crippen MR) is 146 cm³/mol. The lowest BCUT2D eigenvalue weighted by molar-refractivity contribution is -0.143. The molecule has 2 amide bonds. The Hall–Kier alpha value is -3.08. The third-order valence-electron chi connectivity index (χ3n) is 5.94. The lowest BCUT2D eigenvalue weighted by atomic mass is 9.98. The molecule has 10 nitrogen and oxygen atoms in total. The average Bonchev–Trinajstić information content (AvgIpc) is 2.85. The SMILES string of the molecule is CC(C)(C)OC(=O)N1CCC[C@H](C(=O)O)C1.CC(C)(C)OC(=O)N1CCC[C@H](C(=O)Oc2ccc(Cl)c(F)c2)C1. The van der Waals surface area contributed by atoms with E-state index in [9.17, 15) is 23.6 Å². The summed E-state index contributed by atoms with van der Waals surface area (Å²) in [5.74, 6) is -2.82. The fraction of sp³-hybridized carbons (Fsp3) is 0.643. The molecule has 3 rings (SSSR count). The highest BCUT2D eigenvalue weighted by Gasteiger charge is 2.33. The van der Waals surface area contributed by atoms with Crippen molar-refractivity contribution < 1.29 is 42.9 Å². The van der Waals surface area contributed by atoms with E-state index in [2.05, 4.69) is 0 Å². The second-order valence-electron chi connectivity index (χ2n) is 11.9. The van der Waals surface area contributed by atoms with Crippen LogP contribution < -0.4 is 4.74 Å². The van der Waals surface area contributed by atoms with Gasteiger partial charge in [-0.3, -0.25) is 9.59 Å². The van der Waals surface area contributed by atoms with Gasteiger partial charge in [0.2, 0.25) is 0 Å². The minimum Gasteiger partial charge on any atom is -0.481 e. The summed E-state index contributed by atoms with van der Waals surface area (Å²) >= 11 is 5.60. The number of halogens is 2. The van der Waals surface area contributed by atoms with Gasteiger partial charge < -0.3 is 29.1 Å². The Bertz CT molecular complexity index is 1070. The van der Waals surface area contributed by atoms with E-state index >= 15 is 0 Å². The van der Waals surface area contributed by atoms with Crippen LogP contribution in [0, 0.1) is 17.7 Å². The van der Waals surface area contributed by atoms with Crippen LogP contribution in [0.4, 0.5) is 14.0 Å². The van der Waals surface area contributed by atoms with E-state index in [1.807, 2.05) is 0 Å². The second kappa shape index (κ2) is 14.0. The monoisotopic (exact) mass is 586 g/mol. The fourth-order valence-corrected chi connectivity index (χ4v) is 4.19. The van der Waals surface area contributed by atoms with Crippen LogP contribution in [0.1, 0.15) is 67.2 Å². The number of likely N-dealkylation sites (tertiary alicyclic amines) is 2. The van der Waals surface area contributed by atoms with Crippen molar-refractivity contribution in [3.05, 3.63) is 29.0 Å². The van der Waals surface area contributed by atoms with Gasteiger partial charge in [-0.25, -0.2) is 14.0 Å². The summed E-state index contributed by atoms with van der Waals surface area (Å²) in [5, 5.41) is 8.85. The van der Waals surface area contributed by atoms with Crippen molar-refractivity contribution in [3.8, 4) is 5.75 Å². The molecule has 40 heavy (non-hydrogen) atoms.